The van der Waals surface area contributed by atoms with Crippen LogP contribution in [0.3, 0.4) is 0 Å². The fourth-order valence-electron chi connectivity index (χ4n) is 1.62. The largest absolute Gasteiger partial charge is 0.481 e. The number of amides is 1. The molecule has 0 unspecified atom stereocenters. The van der Waals surface area contributed by atoms with Gasteiger partial charge in [0, 0.05) is 6.42 Å². The lowest BCUT2D eigenvalue weighted by Gasteiger charge is -2.20. The normalized spacial score (nSPS) is 14.6. The minimum atomic E-state index is -5.07. The van der Waals surface area contributed by atoms with E-state index in [2.05, 4.69) is 5.32 Å². The van der Waals surface area contributed by atoms with Crippen LogP contribution < -0.4 is 11.1 Å². The summed E-state index contributed by atoms with van der Waals surface area (Å²) in [6.45, 7) is 3.66. The van der Waals surface area contributed by atoms with Crippen LogP contribution in [-0.2, 0) is 18.9 Å². The van der Waals surface area contributed by atoms with Crippen molar-refractivity contribution in [3.63, 3.8) is 0 Å². The average Bonchev–Trinajstić information content (AvgIpc) is 2.30. The molecule has 0 saturated carbocycles. The van der Waals surface area contributed by atoms with Crippen LogP contribution in [-0.4, -0.2) is 44.4 Å². The number of rotatable bonds is 9. The van der Waals surface area contributed by atoms with E-state index in [1.807, 2.05) is 13.8 Å². The molecule has 0 aliphatic carbocycles. The third kappa shape index (κ3) is 7.91. The van der Waals surface area contributed by atoms with E-state index in [0.717, 1.165) is 0 Å². The maximum Gasteiger partial charge on any atom is 0.393 e. The number of carboxylic acid groups (broad SMARTS) is 1. The molecule has 0 aromatic heterocycles. The van der Waals surface area contributed by atoms with Gasteiger partial charge in [-0.3, -0.25) is 18.9 Å². The number of hydrogen-bond acceptors (Lipinski definition) is 5. The van der Waals surface area contributed by atoms with Crippen molar-refractivity contribution < 1.29 is 33.8 Å². The van der Waals surface area contributed by atoms with Gasteiger partial charge in [-0.1, -0.05) is 13.8 Å². The van der Waals surface area contributed by atoms with Crippen LogP contribution in [0.25, 0.3) is 0 Å². The summed E-state index contributed by atoms with van der Waals surface area (Å²) in [6.07, 6.45) is -0.614. The Morgan fingerprint density at radius 3 is 2.14 bits per heavy atom. The van der Waals surface area contributed by atoms with Crippen molar-refractivity contribution in [3.05, 3.63) is 0 Å². The van der Waals surface area contributed by atoms with Gasteiger partial charge in [-0.2, -0.15) is 0 Å². The lowest BCUT2D eigenvalue weighted by Crippen LogP contribution is -2.48. The second kappa shape index (κ2) is 8.23. The molecule has 9 nitrogen and oxygen atoms in total. The summed E-state index contributed by atoms with van der Waals surface area (Å²) in [7, 11) is -5.07. The van der Waals surface area contributed by atoms with E-state index < -0.39 is 49.9 Å². The highest BCUT2D eigenvalue weighted by molar-refractivity contribution is 7.70. The molecule has 0 bridgehead atoms. The Hall–Kier alpha value is -1.28. The number of nitrogens with one attached hydrogen (secondary N) is 1. The number of hydrogen-bond donors (Lipinski definition) is 5. The summed E-state index contributed by atoms with van der Waals surface area (Å²) in [5, 5.41) is 10.7. The molecule has 0 aromatic rings. The van der Waals surface area contributed by atoms with Crippen LogP contribution in [0.5, 0.6) is 0 Å². The molecule has 10 heteroatoms. The molecule has 21 heavy (non-hydrogen) atoms. The van der Waals surface area contributed by atoms with Crippen molar-refractivity contribution in [1.29, 1.82) is 0 Å². The molecule has 0 spiro atoms. The first-order valence-electron chi connectivity index (χ1n) is 6.32. The first kappa shape index (κ1) is 19.7. The van der Waals surface area contributed by atoms with Crippen LogP contribution in [0, 0.1) is 5.92 Å². The Kier molecular flexibility index (Phi) is 7.73. The quantitative estimate of drug-likeness (QED) is 0.351. The number of carboxylic acids is 1. The van der Waals surface area contributed by atoms with Crippen molar-refractivity contribution in [3.8, 4) is 0 Å². The molecule has 1 amide bonds. The highest BCUT2D eigenvalue weighted by Crippen LogP contribution is 2.37. The van der Waals surface area contributed by atoms with Gasteiger partial charge in [0.25, 0.3) is 5.52 Å². The Bertz CT molecular complexity index is 446. The minimum Gasteiger partial charge on any atom is -0.481 e. The second-order valence-electron chi connectivity index (χ2n) is 5.11. The van der Waals surface area contributed by atoms with E-state index in [-0.39, 0.29) is 5.92 Å². The van der Waals surface area contributed by atoms with Crippen LogP contribution in [0.4, 0.5) is 0 Å². The van der Waals surface area contributed by atoms with E-state index in [0.29, 0.717) is 6.42 Å². The Morgan fingerprint density at radius 2 is 1.76 bits per heavy atom. The highest BCUT2D eigenvalue weighted by atomic mass is 31.2. The van der Waals surface area contributed by atoms with Gasteiger partial charge in [0.2, 0.25) is 5.91 Å². The zero-order valence-electron chi connectivity index (χ0n) is 11.9. The third-order valence-corrected chi connectivity index (χ3v) is 3.50. The van der Waals surface area contributed by atoms with E-state index in [9.17, 15) is 18.9 Å². The van der Waals surface area contributed by atoms with Crippen LogP contribution in [0.2, 0.25) is 0 Å². The fourth-order valence-corrected chi connectivity index (χ4v) is 2.22. The van der Waals surface area contributed by atoms with Crippen molar-refractivity contribution in [1.82, 2.24) is 5.32 Å². The third-order valence-electron chi connectivity index (χ3n) is 2.61. The molecule has 0 rings (SSSR count). The number of aliphatic carboxylic acids is 1. The monoisotopic (exact) mass is 324 g/mol. The van der Waals surface area contributed by atoms with Gasteiger partial charge in [0.05, 0.1) is 6.04 Å². The van der Waals surface area contributed by atoms with Gasteiger partial charge < -0.3 is 25.9 Å². The van der Waals surface area contributed by atoms with Gasteiger partial charge in [0.15, 0.2) is 0 Å². The van der Waals surface area contributed by atoms with E-state index >= 15 is 0 Å². The van der Waals surface area contributed by atoms with Crippen molar-refractivity contribution in [2.24, 2.45) is 11.7 Å². The first-order valence-corrected chi connectivity index (χ1v) is 7.94. The summed E-state index contributed by atoms with van der Waals surface area (Å²) in [5.74, 6) is -1.89. The van der Waals surface area contributed by atoms with Crippen molar-refractivity contribution >= 4 is 25.0 Å². The van der Waals surface area contributed by atoms with E-state index in [1.165, 1.54) is 0 Å². The van der Waals surface area contributed by atoms with E-state index in [4.69, 9.17) is 20.6 Å². The summed E-state index contributed by atoms with van der Waals surface area (Å²) < 4.78 is 11.0. The average molecular weight is 324 g/mol. The van der Waals surface area contributed by atoms with Crippen molar-refractivity contribution in [2.75, 3.05) is 0 Å². The molecular weight excluding hydrogens is 303 g/mol. The van der Waals surface area contributed by atoms with Gasteiger partial charge in [-0.25, -0.2) is 0 Å². The Morgan fingerprint density at radius 1 is 1.24 bits per heavy atom. The molecule has 0 radical (unpaired) electrons. The number of carbonyl (C=O) groups excluding carboxylic acids is 2. The maximum atomic E-state index is 11.8. The topological polar surface area (TPSA) is 167 Å². The van der Waals surface area contributed by atoms with Gasteiger partial charge in [-0.15, -0.1) is 0 Å². The Labute approximate surface area is 122 Å². The lowest BCUT2D eigenvalue weighted by atomic mass is 10.0. The standard InChI is InChI=1S/C11H21N2O7P/c1-6(2)5-7(12)10(16)13-8(3-4-9(14)15)11(17)21(18,19)20/h6-8H,3-5,12H2,1-2H3,(H,13,16)(H,14,15)(H2,18,19,20)/t7-,8-/m0/s1. The van der Waals surface area contributed by atoms with E-state index in [1.54, 1.807) is 0 Å². The van der Waals surface area contributed by atoms with Crippen LogP contribution in [0.15, 0.2) is 0 Å². The molecule has 0 aliphatic heterocycles. The number of carbonyl (C=O) groups is 3. The molecule has 6 N–H and O–H groups in total. The number of nitrogens with two attached hydrogens (primary N) is 1. The first-order chi connectivity index (χ1) is 9.45. The molecule has 0 aromatic carbocycles. The predicted octanol–water partition coefficient (Wildman–Crippen LogP) is -0.586. The predicted molar refractivity (Wildman–Crippen MR) is 73.3 cm³/mol. The molecular formula is C11H21N2O7P. The molecule has 0 aliphatic rings. The summed E-state index contributed by atoms with van der Waals surface area (Å²) in [6, 6.07) is -2.52. The second-order valence-corrected chi connectivity index (χ2v) is 6.64. The lowest BCUT2D eigenvalue weighted by molar-refractivity contribution is -0.137. The van der Waals surface area contributed by atoms with Gasteiger partial charge in [-0.05, 0) is 18.8 Å². The summed E-state index contributed by atoms with van der Waals surface area (Å²) in [4.78, 5) is 51.5. The molecule has 2 atom stereocenters. The van der Waals surface area contributed by atoms with Gasteiger partial charge in [0.1, 0.15) is 6.04 Å². The van der Waals surface area contributed by atoms with Crippen molar-refractivity contribution in [2.45, 2.75) is 45.2 Å². The Balaban J connectivity index is 4.89. The fraction of sp³-hybridized carbons (Fsp3) is 0.727. The maximum absolute atomic E-state index is 11.8. The molecule has 0 fully saturated rings. The summed E-state index contributed by atoms with van der Waals surface area (Å²) >= 11 is 0. The zero-order chi connectivity index (χ0) is 16.8. The van der Waals surface area contributed by atoms with Crippen LogP contribution >= 0.6 is 7.60 Å². The SMILES string of the molecule is CC(C)C[C@H](N)C(=O)N[C@@H](CCC(=O)O)C(=O)P(=O)(O)O. The zero-order valence-corrected chi connectivity index (χ0v) is 12.7. The van der Waals surface area contributed by atoms with Crippen LogP contribution in [0.1, 0.15) is 33.1 Å². The summed E-state index contributed by atoms with van der Waals surface area (Å²) in [5.41, 5.74) is 4.08. The molecule has 122 valence electrons. The molecule has 0 saturated heterocycles. The smallest absolute Gasteiger partial charge is 0.393 e. The minimum absolute atomic E-state index is 0.112. The highest BCUT2D eigenvalue weighted by Gasteiger charge is 2.35. The molecule has 0 heterocycles. The van der Waals surface area contributed by atoms with Gasteiger partial charge >= 0.3 is 13.6 Å².